The number of carbonyl (C=O) groups excluding carboxylic acids is 3. The van der Waals surface area contributed by atoms with Crippen molar-refractivity contribution in [2.45, 2.75) is 12.8 Å². The lowest BCUT2D eigenvalue weighted by Gasteiger charge is -2.22. The Balaban J connectivity index is 1.55. The Kier molecular flexibility index (Phi) is 5.96. The zero-order valence-electron chi connectivity index (χ0n) is 16.6. The number of amides is 2. The van der Waals surface area contributed by atoms with Gasteiger partial charge in [-0.2, -0.15) is 0 Å². The van der Waals surface area contributed by atoms with Crippen molar-refractivity contribution in [2.24, 2.45) is 0 Å². The van der Waals surface area contributed by atoms with E-state index in [1.165, 1.54) is 23.2 Å². The molecule has 0 atom stereocenters. The molecule has 9 heteroatoms. The van der Waals surface area contributed by atoms with Crippen molar-refractivity contribution < 1.29 is 23.2 Å². The Labute approximate surface area is 186 Å². The maximum absolute atomic E-state index is 13.8. The van der Waals surface area contributed by atoms with Crippen molar-refractivity contribution in [3.63, 3.8) is 0 Å². The zero-order valence-corrected chi connectivity index (χ0v) is 17.3. The first-order chi connectivity index (χ1) is 15.3. The lowest BCUT2D eigenvalue weighted by molar-refractivity contribution is 0.0971. The highest BCUT2D eigenvalue weighted by molar-refractivity contribution is 6.31. The van der Waals surface area contributed by atoms with E-state index in [-0.39, 0.29) is 17.2 Å². The summed E-state index contributed by atoms with van der Waals surface area (Å²) in [5.41, 5.74) is 0.685. The summed E-state index contributed by atoms with van der Waals surface area (Å²) < 4.78 is 27.1. The zero-order chi connectivity index (χ0) is 22.8. The van der Waals surface area contributed by atoms with Gasteiger partial charge >= 0.3 is 0 Å². The average molecular weight is 456 g/mol. The summed E-state index contributed by atoms with van der Waals surface area (Å²) in [4.78, 5) is 43.2. The van der Waals surface area contributed by atoms with Crippen molar-refractivity contribution in [2.75, 3.05) is 16.8 Å². The third-order valence-electron chi connectivity index (χ3n) is 4.99. The van der Waals surface area contributed by atoms with E-state index >= 15 is 0 Å². The molecule has 0 saturated carbocycles. The lowest BCUT2D eigenvalue weighted by Crippen LogP contribution is -2.32. The third-order valence-corrected chi connectivity index (χ3v) is 5.23. The largest absolute Gasteiger partial charge is 0.320 e. The van der Waals surface area contributed by atoms with E-state index in [2.05, 4.69) is 10.3 Å². The molecule has 1 N–H and O–H groups in total. The molecular weight excluding hydrogens is 440 g/mol. The summed E-state index contributed by atoms with van der Waals surface area (Å²) in [5, 5.41) is 2.82. The van der Waals surface area contributed by atoms with Crippen LogP contribution in [-0.4, -0.2) is 29.1 Å². The van der Waals surface area contributed by atoms with Gasteiger partial charge in [0.15, 0.2) is 5.78 Å². The van der Waals surface area contributed by atoms with E-state index in [9.17, 15) is 23.2 Å². The highest BCUT2D eigenvalue weighted by Crippen LogP contribution is 2.30. The first-order valence-electron chi connectivity index (χ1n) is 9.70. The molecule has 0 aliphatic carbocycles. The van der Waals surface area contributed by atoms with Gasteiger partial charge in [-0.15, -0.1) is 0 Å². The van der Waals surface area contributed by atoms with Crippen molar-refractivity contribution in [1.82, 2.24) is 4.98 Å². The molecule has 2 amide bonds. The van der Waals surface area contributed by atoms with Crippen LogP contribution in [0.25, 0.3) is 0 Å². The predicted octanol–water partition coefficient (Wildman–Crippen LogP) is 4.89. The molecule has 2 aromatic carbocycles. The van der Waals surface area contributed by atoms with Gasteiger partial charge in [-0.25, -0.2) is 13.8 Å². The van der Waals surface area contributed by atoms with E-state index in [1.807, 2.05) is 0 Å². The van der Waals surface area contributed by atoms with Crippen LogP contribution in [0.3, 0.4) is 0 Å². The van der Waals surface area contributed by atoms with Crippen LogP contribution < -0.4 is 10.2 Å². The van der Waals surface area contributed by atoms with Gasteiger partial charge in [0.2, 0.25) is 0 Å². The molecular formula is C23H16ClF2N3O3. The summed E-state index contributed by atoms with van der Waals surface area (Å²) >= 11 is 6.01. The number of hydrogen-bond donors (Lipinski definition) is 1. The molecule has 6 nitrogen and oxygen atoms in total. The number of ketones is 1. The van der Waals surface area contributed by atoms with Gasteiger partial charge in [-0.05, 0) is 55.0 Å². The highest BCUT2D eigenvalue weighted by Gasteiger charge is 2.27. The molecule has 0 fully saturated rings. The number of nitrogens with zero attached hydrogens (tertiary/aromatic N) is 2. The highest BCUT2D eigenvalue weighted by atomic mass is 35.5. The lowest BCUT2D eigenvalue weighted by atomic mass is 10.1. The fourth-order valence-corrected chi connectivity index (χ4v) is 3.61. The minimum atomic E-state index is -0.863. The van der Waals surface area contributed by atoms with Crippen molar-refractivity contribution in [1.29, 1.82) is 0 Å². The normalized spacial score (nSPS) is 13.3. The number of halogens is 3. The molecule has 0 radical (unpaired) electrons. The van der Waals surface area contributed by atoms with Crippen LogP contribution in [-0.2, 0) is 0 Å². The minimum absolute atomic E-state index is 0.0894. The van der Waals surface area contributed by atoms with E-state index in [4.69, 9.17) is 11.6 Å². The van der Waals surface area contributed by atoms with Gasteiger partial charge in [-0.3, -0.25) is 14.4 Å². The first-order valence-corrected chi connectivity index (χ1v) is 10.1. The molecule has 1 aromatic heterocycles. The number of hydrogen-bond acceptors (Lipinski definition) is 4. The molecule has 1 aliphatic heterocycles. The van der Waals surface area contributed by atoms with Crippen LogP contribution in [0.15, 0.2) is 54.7 Å². The van der Waals surface area contributed by atoms with Gasteiger partial charge in [0.1, 0.15) is 17.3 Å². The van der Waals surface area contributed by atoms with Gasteiger partial charge in [0.05, 0.1) is 23.1 Å². The third kappa shape index (κ3) is 4.36. The van der Waals surface area contributed by atoms with Crippen LogP contribution in [0.1, 0.15) is 44.0 Å². The monoisotopic (exact) mass is 455 g/mol. The van der Waals surface area contributed by atoms with Crippen molar-refractivity contribution >= 4 is 40.6 Å². The Morgan fingerprint density at radius 2 is 1.88 bits per heavy atom. The summed E-state index contributed by atoms with van der Waals surface area (Å²) in [7, 11) is 0. The molecule has 0 unspecified atom stereocenters. The van der Waals surface area contributed by atoms with Gasteiger partial charge in [0.25, 0.3) is 11.8 Å². The van der Waals surface area contributed by atoms with E-state index in [0.717, 1.165) is 18.2 Å². The second-order valence-corrected chi connectivity index (χ2v) is 7.59. The molecule has 4 rings (SSSR count). The molecule has 0 spiro atoms. The quantitative estimate of drug-likeness (QED) is 0.610. The number of nitrogens with one attached hydrogen (secondary N) is 1. The van der Waals surface area contributed by atoms with Crippen LogP contribution in [0.5, 0.6) is 0 Å². The molecule has 1 aliphatic rings. The Bertz CT molecular complexity index is 1230. The second-order valence-electron chi connectivity index (χ2n) is 7.16. The fraction of sp³-hybridized carbons (Fsp3) is 0.130. The number of pyridine rings is 1. The van der Waals surface area contributed by atoms with Gasteiger partial charge in [-0.1, -0.05) is 11.6 Å². The number of rotatable bonds is 3. The Hall–Kier alpha value is -3.65. The maximum Gasteiger partial charge on any atom is 0.276 e. The number of anilines is 2. The number of fused-ring (bicyclic) bond motifs is 1. The number of Topliss-reactive ketones (excluding diaryl/α,β-unsaturated/α-hetero) is 1. The summed E-state index contributed by atoms with van der Waals surface area (Å²) in [6.45, 7) is 0.332. The topological polar surface area (TPSA) is 79.4 Å². The number of benzene rings is 2. The molecule has 0 bridgehead atoms. The van der Waals surface area contributed by atoms with Gasteiger partial charge < -0.3 is 10.2 Å². The van der Waals surface area contributed by atoms with Crippen LogP contribution in [0.2, 0.25) is 5.02 Å². The minimum Gasteiger partial charge on any atom is -0.320 e. The molecule has 32 heavy (non-hydrogen) atoms. The molecule has 162 valence electrons. The second kappa shape index (κ2) is 8.84. The van der Waals surface area contributed by atoms with Crippen LogP contribution >= 0.6 is 11.6 Å². The standard InChI is InChI=1S/C23H16ClF2N3O3/c24-13-3-8-20-17(10-13)21(30)2-1-9-29(20)23(32)19-7-5-15(12-27-19)28-22(31)16-11-14(25)4-6-18(16)26/h3-8,10-12H,1-2,9H2,(H,28,31). The number of aromatic nitrogens is 1. The molecule has 0 saturated heterocycles. The predicted molar refractivity (Wildman–Crippen MR) is 115 cm³/mol. The first kappa shape index (κ1) is 21.6. The van der Waals surface area contributed by atoms with Crippen LogP contribution in [0.4, 0.5) is 20.2 Å². The molecule has 2 heterocycles. The summed E-state index contributed by atoms with van der Waals surface area (Å²) in [6.07, 6.45) is 2.03. The van der Waals surface area contributed by atoms with E-state index in [1.54, 1.807) is 18.2 Å². The maximum atomic E-state index is 13.8. The SMILES string of the molecule is O=C(Nc1ccc(C(=O)N2CCCC(=O)c3cc(Cl)ccc32)nc1)c1cc(F)ccc1F. The van der Waals surface area contributed by atoms with Crippen LogP contribution in [0, 0.1) is 11.6 Å². The average Bonchev–Trinajstić information content (AvgIpc) is 2.94. The van der Waals surface area contributed by atoms with E-state index < -0.39 is 29.0 Å². The summed E-state index contributed by atoms with van der Waals surface area (Å²) in [6, 6.07) is 10.2. The fourth-order valence-electron chi connectivity index (χ4n) is 3.43. The smallest absolute Gasteiger partial charge is 0.276 e. The van der Waals surface area contributed by atoms with Crippen molar-refractivity contribution in [3.8, 4) is 0 Å². The Morgan fingerprint density at radius 1 is 1.06 bits per heavy atom. The Morgan fingerprint density at radius 3 is 2.62 bits per heavy atom. The van der Waals surface area contributed by atoms with Crippen molar-refractivity contribution in [3.05, 3.63) is 88.2 Å². The van der Waals surface area contributed by atoms with Gasteiger partial charge in [0, 0.05) is 23.6 Å². The number of carbonyl (C=O) groups is 3. The molecule has 3 aromatic rings. The summed E-state index contributed by atoms with van der Waals surface area (Å²) in [5.74, 6) is -2.96. The van der Waals surface area contributed by atoms with E-state index in [0.29, 0.717) is 35.7 Å².